The number of imide groups is 1. The summed E-state index contributed by atoms with van der Waals surface area (Å²) in [6, 6.07) is 4.60. The molecule has 0 aliphatic carbocycles. The highest BCUT2D eigenvalue weighted by atomic mass is 19.1. The van der Waals surface area contributed by atoms with Gasteiger partial charge in [-0.2, -0.15) is 0 Å². The van der Waals surface area contributed by atoms with E-state index in [1.165, 1.54) is 37.3 Å². The van der Waals surface area contributed by atoms with Crippen LogP contribution in [-0.4, -0.2) is 35.8 Å². The van der Waals surface area contributed by atoms with Gasteiger partial charge in [0.05, 0.1) is 0 Å². The lowest BCUT2D eigenvalue weighted by Crippen LogP contribution is -2.43. The first-order valence-corrected chi connectivity index (χ1v) is 6.66. The highest BCUT2D eigenvalue weighted by Crippen LogP contribution is 2.28. The summed E-state index contributed by atoms with van der Waals surface area (Å²) < 4.78 is 13.0. The maximum Gasteiger partial charge on any atom is 0.325 e. The van der Waals surface area contributed by atoms with Crippen molar-refractivity contribution >= 4 is 17.8 Å². The molecular formula is C15H16FN3O3. The van der Waals surface area contributed by atoms with Crippen molar-refractivity contribution in [3.8, 4) is 0 Å². The van der Waals surface area contributed by atoms with Crippen LogP contribution in [0.5, 0.6) is 0 Å². The monoisotopic (exact) mass is 305 g/mol. The summed E-state index contributed by atoms with van der Waals surface area (Å²) in [5.41, 5.74) is -0.870. The molecule has 1 unspecified atom stereocenters. The Bertz CT molecular complexity index is 629. The van der Waals surface area contributed by atoms with Crippen LogP contribution in [0.15, 0.2) is 36.9 Å². The van der Waals surface area contributed by atoms with Crippen molar-refractivity contribution in [2.45, 2.75) is 12.5 Å². The molecule has 1 aliphatic heterocycles. The summed E-state index contributed by atoms with van der Waals surface area (Å²) in [7, 11) is 0. The molecule has 1 saturated heterocycles. The lowest BCUT2D eigenvalue weighted by Gasteiger charge is -2.22. The third-order valence-corrected chi connectivity index (χ3v) is 3.44. The number of carbonyl (C=O) groups excluding carboxylic acids is 3. The van der Waals surface area contributed by atoms with Crippen LogP contribution in [0.25, 0.3) is 0 Å². The molecule has 0 aromatic heterocycles. The Balaban J connectivity index is 2.18. The highest BCUT2D eigenvalue weighted by molar-refractivity contribution is 6.09. The van der Waals surface area contributed by atoms with Gasteiger partial charge in [-0.05, 0) is 24.6 Å². The molecule has 0 radical (unpaired) electrons. The second-order valence-corrected chi connectivity index (χ2v) is 5.05. The first kappa shape index (κ1) is 15.7. The van der Waals surface area contributed by atoms with Crippen molar-refractivity contribution in [3.05, 3.63) is 48.3 Å². The summed E-state index contributed by atoms with van der Waals surface area (Å²) in [6.07, 6.45) is 1.49. The van der Waals surface area contributed by atoms with E-state index in [0.29, 0.717) is 5.56 Å². The van der Waals surface area contributed by atoms with Gasteiger partial charge in [-0.25, -0.2) is 9.18 Å². The molecule has 1 heterocycles. The molecule has 22 heavy (non-hydrogen) atoms. The third kappa shape index (κ3) is 2.83. The largest absolute Gasteiger partial charge is 0.351 e. The molecule has 1 atom stereocenters. The summed E-state index contributed by atoms with van der Waals surface area (Å²) in [5.74, 6) is -1.46. The topological polar surface area (TPSA) is 78.5 Å². The Morgan fingerprint density at radius 3 is 2.64 bits per heavy atom. The van der Waals surface area contributed by atoms with Crippen LogP contribution in [0.1, 0.15) is 12.5 Å². The summed E-state index contributed by atoms with van der Waals surface area (Å²) in [6.45, 7) is 4.84. The van der Waals surface area contributed by atoms with Gasteiger partial charge >= 0.3 is 6.03 Å². The second kappa shape index (κ2) is 5.97. The van der Waals surface area contributed by atoms with Crippen molar-refractivity contribution in [2.75, 3.05) is 13.1 Å². The van der Waals surface area contributed by atoms with E-state index in [4.69, 9.17) is 0 Å². The number of rotatable bonds is 5. The number of nitrogens with one attached hydrogen (secondary N) is 2. The van der Waals surface area contributed by atoms with Gasteiger partial charge in [0.1, 0.15) is 17.9 Å². The van der Waals surface area contributed by atoms with Gasteiger partial charge in [0, 0.05) is 6.54 Å². The summed E-state index contributed by atoms with van der Waals surface area (Å²) in [4.78, 5) is 36.9. The number of carbonyl (C=O) groups is 3. The molecule has 1 aromatic rings. The zero-order valence-electron chi connectivity index (χ0n) is 12.1. The van der Waals surface area contributed by atoms with Crippen LogP contribution >= 0.6 is 0 Å². The lowest BCUT2D eigenvalue weighted by molar-refractivity contribution is -0.134. The van der Waals surface area contributed by atoms with Crippen molar-refractivity contribution in [1.29, 1.82) is 0 Å². The van der Waals surface area contributed by atoms with E-state index in [0.717, 1.165) is 4.90 Å². The van der Waals surface area contributed by atoms with E-state index in [1.807, 2.05) is 0 Å². The first-order valence-electron chi connectivity index (χ1n) is 6.66. The van der Waals surface area contributed by atoms with Gasteiger partial charge in [-0.3, -0.25) is 14.5 Å². The number of urea groups is 1. The molecule has 4 amide bonds. The number of hydrogen-bond acceptors (Lipinski definition) is 3. The molecule has 0 bridgehead atoms. The van der Waals surface area contributed by atoms with Crippen LogP contribution in [-0.2, 0) is 15.1 Å². The van der Waals surface area contributed by atoms with E-state index in [9.17, 15) is 18.8 Å². The maximum absolute atomic E-state index is 13.0. The molecule has 116 valence electrons. The Labute approximate surface area is 127 Å². The van der Waals surface area contributed by atoms with Crippen molar-refractivity contribution in [3.63, 3.8) is 0 Å². The van der Waals surface area contributed by atoms with Crippen molar-refractivity contribution in [2.24, 2.45) is 0 Å². The molecule has 1 aliphatic rings. The fraction of sp³-hybridized carbons (Fsp3) is 0.267. The zero-order valence-corrected chi connectivity index (χ0v) is 12.1. The van der Waals surface area contributed by atoms with Gasteiger partial charge in [0.25, 0.3) is 5.91 Å². The Hall–Kier alpha value is -2.70. The van der Waals surface area contributed by atoms with E-state index in [1.54, 1.807) is 0 Å². The molecule has 2 rings (SSSR count). The maximum atomic E-state index is 13.0. The van der Waals surface area contributed by atoms with Crippen LogP contribution < -0.4 is 10.6 Å². The molecule has 1 fully saturated rings. The van der Waals surface area contributed by atoms with Crippen molar-refractivity contribution < 1.29 is 18.8 Å². The predicted octanol–water partition coefficient (Wildman–Crippen LogP) is 0.895. The number of benzene rings is 1. The Morgan fingerprint density at radius 1 is 1.41 bits per heavy atom. The van der Waals surface area contributed by atoms with Crippen molar-refractivity contribution in [1.82, 2.24) is 15.5 Å². The normalized spacial score (nSPS) is 20.7. The summed E-state index contributed by atoms with van der Waals surface area (Å²) in [5, 5.41) is 5.04. The average Bonchev–Trinajstić information content (AvgIpc) is 2.70. The summed E-state index contributed by atoms with van der Waals surface area (Å²) >= 11 is 0. The molecule has 0 saturated carbocycles. The van der Waals surface area contributed by atoms with E-state index in [-0.39, 0.29) is 13.1 Å². The Morgan fingerprint density at radius 2 is 2.05 bits per heavy atom. The standard InChI is InChI=1S/C15H16FN3O3/c1-3-8-17-12(20)9-19-13(21)15(2,18-14(19)22)10-4-6-11(16)7-5-10/h3-7H,1,8-9H2,2H3,(H,17,20)(H,18,22). The minimum atomic E-state index is -1.32. The molecule has 2 N–H and O–H groups in total. The molecule has 1 aromatic carbocycles. The van der Waals surface area contributed by atoms with Crippen LogP contribution in [0, 0.1) is 5.82 Å². The Kier molecular flexibility index (Phi) is 4.25. The zero-order chi connectivity index (χ0) is 16.3. The van der Waals surface area contributed by atoms with E-state index >= 15 is 0 Å². The smallest absolute Gasteiger partial charge is 0.325 e. The first-order chi connectivity index (χ1) is 10.4. The average molecular weight is 305 g/mol. The van der Waals surface area contributed by atoms with Gasteiger partial charge in [-0.15, -0.1) is 6.58 Å². The van der Waals surface area contributed by atoms with Gasteiger partial charge in [0.2, 0.25) is 5.91 Å². The third-order valence-electron chi connectivity index (χ3n) is 3.44. The molecule has 7 heteroatoms. The fourth-order valence-corrected chi connectivity index (χ4v) is 2.20. The minimum absolute atomic E-state index is 0.248. The number of halogens is 1. The van der Waals surface area contributed by atoms with Crippen LogP contribution in [0.3, 0.4) is 0 Å². The number of amides is 4. The van der Waals surface area contributed by atoms with Gasteiger partial charge in [0.15, 0.2) is 0 Å². The number of nitrogens with zero attached hydrogens (tertiary/aromatic N) is 1. The minimum Gasteiger partial charge on any atom is -0.351 e. The van der Waals surface area contributed by atoms with Gasteiger partial charge < -0.3 is 10.6 Å². The van der Waals surface area contributed by atoms with Crippen LogP contribution in [0.2, 0.25) is 0 Å². The van der Waals surface area contributed by atoms with Gasteiger partial charge in [-0.1, -0.05) is 18.2 Å². The quantitative estimate of drug-likeness (QED) is 0.626. The highest BCUT2D eigenvalue weighted by Gasteiger charge is 2.49. The number of hydrogen-bond donors (Lipinski definition) is 2. The molecule has 6 nitrogen and oxygen atoms in total. The van der Waals surface area contributed by atoms with Crippen LogP contribution in [0.4, 0.5) is 9.18 Å². The SMILES string of the molecule is C=CCNC(=O)CN1C(=O)NC(C)(c2ccc(F)cc2)C1=O. The second-order valence-electron chi connectivity index (χ2n) is 5.05. The van der Waals surface area contributed by atoms with E-state index < -0.39 is 29.2 Å². The predicted molar refractivity (Wildman–Crippen MR) is 77.2 cm³/mol. The molecular weight excluding hydrogens is 289 g/mol. The molecule has 0 spiro atoms. The van der Waals surface area contributed by atoms with E-state index in [2.05, 4.69) is 17.2 Å². The fourth-order valence-electron chi connectivity index (χ4n) is 2.20. The lowest BCUT2D eigenvalue weighted by atomic mass is 9.92.